The number of ether oxygens (including phenoxy) is 1. The second-order valence-electron chi connectivity index (χ2n) is 5.91. The summed E-state index contributed by atoms with van der Waals surface area (Å²) in [6.45, 7) is 2.87. The van der Waals surface area contributed by atoms with E-state index in [-0.39, 0.29) is 5.91 Å². The van der Waals surface area contributed by atoms with E-state index in [4.69, 9.17) is 16.3 Å². The normalized spacial score (nSPS) is 14.4. The average Bonchev–Trinajstić information content (AvgIpc) is 2.61. The van der Waals surface area contributed by atoms with Crippen molar-refractivity contribution < 1.29 is 9.53 Å². The average molecular weight is 424 g/mol. The van der Waals surface area contributed by atoms with Crippen molar-refractivity contribution in [3.8, 4) is 0 Å². The smallest absolute Gasteiger partial charge is 0.224 e. The van der Waals surface area contributed by atoms with Gasteiger partial charge in [-0.3, -0.25) is 4.79 Å². The van der Waals surface area contributed by atoms with Gasteiger partial charge in [-0.25, -0.2) is 0 Å². The third-order valence-corrected chi connectivity index (χ3v) is 4.92. The molecule has 1 saturated heterocycles. The topological polar surface area (TPSA) is 41.6 Å². The lowest BCUT2D eigenvalue weighted by Gasteiger charge is -2.31. The number of halogens is 2. The molecular weight excluding hydrogens is 404 g/mol. The van der Waals surface area contributed by atoms with Crippen molar-refractivity contribution in [2.24, 2.45) is 0 Å². The first-order valence-corrected chi connectivity index (χ1v) is 9.46. The Morgan fingerprint density at radius 2 is 1.96 bits per heavy atom. The number of anilines is 2. The molecule has 1 fully saturated rings. The van der Waals surface area contributed by atoms with Gasteiger partial charge in [-0.1, -0.05) is 45.7 Å². The Morgan fingerprint density at radius 3 is 2.72 bits per heavy atom. The van der Waals surface area contributed by atoms with Gasteiger partial charge in [0.25, 0.3) is 0 Å². The summed E-state index contributed by atoms with van der Waals surface area (Å²) in [5.41, 5.74) is 2.76. The van der Waals surface area contributed by atoms with Gasteiger partial charge >= 0.3 is 0 Å². The van der Waals surface area contributed by atoms with E-state index in [1.54, 1.807) is 0 Å². The molecule has 0 saturated carbocycles. The second-order valence-corrected chi connectivity index (χ2v) is 7.24. The van der Waals surface area contributed by atoms with Crippen LogP contribution in [0.4, 0.5) is 11.4 Å². The van der Waals surface area contributed by atoms with Crippen molar-refractivity contribution >= 4 is 44.8 Å². The molecule has 4 nitrogen and oxygen atoms in total. The van der Waals surface area contributed by atoms with Gasteiger partial charge in [0.2, 0.25) is 5.91 Å². The molecule has 1 N–H and O–H groups in total. The van der Waals surface area contributed by atoms with Crippen LogP contribution in [0.1, 0.15) is 12.0 Å². The first-order valence-electron chi connectivity index (χ1n) is 8.29. The number of carbonyl (C=O) groups excluding carboxylic acids is 1. The molecule has 1 aliphatic heterocycles. The van der Waals surface area contributed by atoms with Gasteiger partial charge in [-0.2, -0.15) is 0 Å². The Labute approximate surface area is 161 Å². The number of hydrogen-bond donors (Lipinski definition) is 1. The van der Waals surface area contributed by atoms with Crippen LogP contribution < -0.4 is 10.2 Å². The largest absolute Gasteiger partial charge is 0.378 e. The van der Waals surface area contributed by atoms with Gasteiger partial charge in [-0.15, -0.1) is 0 Å². The van der Waals surface area contributed by atoms with Crippen molar-refractivity contribution in [1.82, 2.24) is 0 Å². The Kier molecular flexibility index (Phi) is 6.34. The number of para-hydroxylation sites is 1. The molecule has 25 heavy (non-hydrogen) atoms. The van der Waals surface area contributed by atoms with E-state index in [2.05, 4.69) is 26.1 Å². The van der Waals surface area contributed by atoms with Crippen LogP contribution in [0.3, 0.4) is 0 Å². The monoisotopic (exact) mass is 422 g/mol. The minimum absolute atomic E-state index is 0.0169. The molecule has 3 rings (SSSR count). The lowest BCUT2D eigenvalue weighted by Crippen LogP contribution is -2.37. The van der Waals surface area contributed by atoms with E-state index in [0.717, 1.165) is 34.5 Å². The molecule has 0 spiro atoms. The minimum atomic E-state index is -0.0169. The van der Waals surface area contributed by atoms with Crippen LogP contribution in [0.25, 0.3) is 0 Å². The number of rotatable bonds is 5. The molecule has 1 aliphatic rings. The van der Waals surface area contributed by atoms with E-state index in [1.165, 1.54) is 0 Å². The number of aryl methyl sites for hydroxylation is 1. The van der Waals surface area contributed by atoms with Gasteiger partial charge < -0.3 is 15.0 Å². The molecule has 132 valence electrons. The summed E-state index contributed by atoms with van der Waals surface area (Å²) >= 11 is 9.85. The maximum Gasteiger partial charge on any atom is 0.224 e. The number of carbonyl (C=O) groups is 1. The lowest BCUT2D eigenvalue weighted by molar-refractivity contribution is -0.116. The highest BCUT2D eigenvalue weighted by Crippen LogP contribution is 2.34. The van der Waals surface area contributed by atoms with Crippen LogP contribution in [0.5, 0.6) is 0 Å². The predicted octanol–water partition coefficient (Wildman–Crippen LogP) is 4.51. The fourth-order valence-electron chi connectivity index (χ4n) is 2.89. The number of nitrogens with one attached hydrogen (secondary N) is 1. The Hall–Kier alpha value is -1.56. The summed E-state index contributed by atoms with van der Waals surface area (Å²) in [6.07, 6.45) is 1.12. The van der Waals surface area contributed by atoms with Gasteiger partial charge in [0.15, 0.2) is 0 Å². The highest BCUT2D eigenvalue weighted by atomic mass is 79.9. The zero-order chi connectivity index (χ0) is 17.6. The van der Waals surface area contributed by atoms with Crippen LogP contribution in [0.2, 0.25) is 5.02 Å². The first kappa shape index (κ1) is 18.2. The summed E-state index contributed by atoms with van der Waals surface area (Å²) in [4.78, 5) is 14.6. The number of hydrogen-bond acceptors (Lipinski definition) is 3. The summed E-state index contributed by atoms with van der Waals surface area (Å²) in [5, 5.41) is 3.66. The summed E-state index contributed by atoms with van der Waals surface area (Å²) < 4.78 is 6.43. The standard InChI is InChI=1S/C19H20BrClN2O2/c20-15-4-1-3-14(13-15)7-8-18(24)22-17-6-2-5-16(21)19(17)23-9-11-25-12-10-23/h1-6,13H,7-12H2,(H,22,24). The minimum Gasteiger partial charge on any atom is -0.378 e. The van der Waals surface area contributed by atoms with E-state index >= 15 is 0 Å². The first-order chi connectivity index (χ1) is 12.1. The maximum absolute atomic E-state index is 12.4. The Balaban J connectivity index is 1.67. The lowest BCUT2D eigenvalue weighted by atomic mass is 10.1. The van der Waals surface area contributed by atoms with Crippen molar-refractivity contribution in [3.63, 3.8) is 0 Å². The van der Waals surface area contributed by atoms with E-state index in [1.807, 2.05) is 42.5 Å². The van der Waals surface area contributed by atoms with Crippen LogP contribution in [0, 0.1) is 0 Å². The van der Waals surface area contributed by atoms with Crippen molar-refractivity contribution in [3.05, 3.63) is 57.5 Å². The molecule has 1 amide bonds. The molecule has 1 heterocycles. The molecule has 0 bridgehead atoms. The highest BCUT2D eigenvalue weighted by Gasteiger charge is 2.19. The zero-order valence-electron chi connectivity index (χ0n) is 13.8. The van der Waals surface area contributed by atoms with Gasteiger partial charge in [0, 0.05) is 24.0 Å². The van der Waals surface area contributed by atoms with E-state index < -0.39 is 0 Å². The number of morpholine rings is 1. The molecule has 0 aromatic heterocycles. The van der Waals surface area contributed by atoms with Gasteiger partial charge in [0.1, 0.15) is 0 Å². The summed E-state index contributed by atoms with van der Waals surface area (Å²) in [6, 6.07) is 13.6. The van der Waals surface area contributed by atoms with Crippen LogP contribution in [0.15, 0.2) is 46.9 Å². The third kappa shape index (κ3) is 4.97. The fraction of sp³-hybridized carbons (Fsp3) is 0.316. The molecule has 2 aromatic rings. The molecule has 2 aromatic carbocycles. The van der Waals surface area contributed by atoms with Crippen LogP contribution >= 0.6 is 27.5 Å². The van der Waals surface area contributed by atoms with Crippen LogP contribution in [-0.2, 0) is 16.0 Å². The number of amides is 1. The van der Waals surface area contributed by atoms with Crippen molar-refractivity contribution in [2.75, 3.05) is 36.5 Å². The maximum atomic E-state index is 12.4. The molecule has 6 heteroatoms. The molecule has 0 aliphatic carbocycles. The summed E-state index contributed by atoms with van der Waals surface area (Å²) in [5.74, 6) is -0.0169. The zero-order valence-corrected chi connectivity index (χ0v) is 16.1. The fourth-order valence-corrected chi connectivity index (χ4v) is 3.63. The van der Waals surface area contributed by atoms with Gasteiger partial charge in [-0.05, 0) is 36.2 Å². The Morgan fingerprint density at radius 1 is 1.20 bits per heavy atom. The highest BCUT2D eigenvalue weighted by molar-refractivity contribution is 9.10. The second kappa shape index (κ2) is 8.70. The SMILES string of the molecule is O=C(CCc1cccc(Br)c1)Nc1cccc(Cl)c1N1CCOCC1. The third-order valence-electron chi connectivity index (χ3n) is 4.12. The number of benzene rings is 2. The quantitative estimate of drug-likeness (QED) is 0.769. The predicted molar refractivity (Wildman–Crippen MR) is 106 cm³/mol. The van der Waals surface area contributed by atoms with Gasteiger partial charge in [0.05, 0.1) is 29.6 Å². The molecule has 0 atom stereocenters. The molecule has 0 radical (unpaired) electrons. The Bertz CT molecular complexity index is 748. The van der Waals surface area contributed by atoms with Crippen molar-refractivity contribution in [1.29, 1.82) is 0 Å². The van der Waals surface area contributed by atoms with E-state index in [0.29, 0.717) is 31.1 Å². The number of nitrogens with zero attached hydrogens (tertiary/aromatic N) is 1. The molecular formula is C19H20BrClN2O2. The van der Waals surface area contributed by atoms with Crippen LogP contribution in [-0.4, -0.2) is 32.2 Å². The van der Waals surface area contributed by atoms with E-state index in [9.17, 15) is 4.79 Å². The summed E-state index contributed by atoms with van der Waals surface area (Å²) in [7, 11) is 0. The van der Waals surface area contributed by atoms with Crippen molar-refractivity contribution in [2.45, 2.75) is 12.8 Å². The molecule has 0 unspecified atom stereocenters.